The van der Waals surface area contributed by atoms with E-state index in [0.29, 0.717) is 4.57 Å². The second-order valence-electron chi connectivity index (χ2n) is 2.72. The summed E-state index contributed by atoms with van der Waals surface area (Å²) < 4.78 is 37.6. The maximum absolute atomic E-state index is 12.3. The number of hydrogen-bond donors (Lipinski definition) is 1. The molecule has 0 spiro atoms. The van der Waals surface area contributed by atoms with E-state index in [2.05, 4.69) is 0 Å². The highest BCUT2D eigenvalue weighted by Gasteiger charge is 2.34. The Labute approximate surface area is 90.1 Å². The van der Waals surface area contributed by atoms with Crippen LogP contribution in [0.4, 0.5) is 18.9 Å². The predicted octanol–water partition coefficient (Wildman–Crippen LogP) is 1.89. The molecule has 0 radical (unpaired) electrons. The van der Waals surface area contributed by atoms with Gasteiger partial charge in [0.1, 0.15) is 5.69 Å². The largest absolute Gasteiger partial charge is 0.431 e. The molecular weight excluding hydrogens is 233 g/mol. The summed E-state index contributed by atoms with van der Waals surface area (Å²) in [5.41, 5.74) is 3.25. The van der Waals surface area contributed by atoms with E-state index >= 15 is 0 Å². The van der Waals surface area contributed by atoms with Crippen molar-refractivity contribution < 1.29 is 13.2 Å². The van der Waals surface area contributed by atoms with Gasteiger partial charge in [-0.15, -0.1) is 12.4 Å². The summed E-state index contributed by atoms with van der Waals surface area (Å²) in [5, 5.41) is 0. The summed E-state index contributed by atoms with van der Waals surface area (Å²) >= 11 is 0. The van der Waals surface area contributed by atoms with Crippen molar-refractivity contribution in [2.45, 2.75) is 19.6 Å². The number of nitrogen functional groups attached to an aromatic ring is 1. The lowest BCUT2D eigenvalue weighted by molar-refractivity contribution is -0.144. The molecule has 0 aliphatic heterocycles. The van der Waals surface area contributed by atoms with Crippen LogP contribution < -0.4 is 11.3 Å². The van der Waals surface area contributed by atoms with Crippen LogP contribution in [0.15, 0.2) is 16.9 Å². The van der Waals surface area contributed by atoms with Crippen molar-refractivity contribution >= 4 is 18.1 Å². The van der Waals surface area contributed by atoms with Gasteiger partial charge in [0, 0.05) is 6.54 Å². The van der Waals surface area contributed by atoms with E-state index in [4.69, 9.17) is 5.73 Å². The van der Waals surface area contributed by atoms with Crippen molar-refractivity contribution in [2.24, 2.45) is 0 Å². The summed E-state index contributed by atoms with van der Waals surface area (Å²) in [7, 11) is 0. The van der Waals surface area contributed by atoms with Crippen LogP contribution in [0.1, 0.15) is 12.6 Å². The smallest absolute Gasteiger partial charge is 0.394 e. The topological polar surface area (TPSA) is 48.0 Å². The van der Waals surface area contributed by atoms with Crippen LogP contribution >= 0.6 is 12.4 Å². The summed E-state index contributed by atoms with van der Waals surface area (Å²) in [5.74, 6) is 0. The van der Waals surface area contributed by atoms with E-state index in [-0.39, 0.29) is 24.6 Å². The summed E-state index contributed by atoms with van der Waals surface area (Å²) in [6.45, 7) is 1.40. The first-order chi connectivity index (χ1) is 6.38. The zero-order chi connectivity index (χ0) is 10.9. The summed E-state index contributed by atoms with van der Waals surface area (Å²) in [4.78, 5) is 11.2. The molecule has 0 aliphatic rings. The molecule has 1 aromatic rings. The molecule has 0 saturated carbocycles. The van der Waals surface area contributed by atoms with E-state index < -0.39 is 17.4 Å². The van der Waals surface area contributed by atoms with E-state index in [0.717, 1.165) is 12.1 Å². The highest BCUT2D eigenvalue weighted by molar-refractivity contribution is 5.85. The lowest BCUT2D eigenvalue weighted by Gasteiger charge is -2.13. The molecule has 1 aromatic heterocycles. The molecular formula is C8H10ClF3N2O. The Hall–Kier alpha value is -1.17. The monoisotopic (exact) mass is 242 g/mol. The number of rotatable bonds is 1. The van der Waals surface area contributed by atoms with E-state index in [1.54, 1.807) is 0 Å². The number of aromatic nitrogens is 1. The van der Waals surface area contributed by atoms with Crippen molar-refractivity contribution in [2.75, 3.05) is 5.73 Å². The zero-order valence-corrected chi connectivity index (χ0v) is 8.65. The van der Waals surface area contributed by atoms with Gasteiger partial charge in [-0.05, 0) is 19.1 Å². The molecule has 3 nitrogen and oxygen atoms in total. The van der Waals surface area contributed by atoms with Crippen LogP contribution in [-0.2, 0) is 12.7 Å². The molecule has 0 aliphatic carbocycles. The molecule has 1 rings (SSSR count). The van der Waals surface area contributed by atoms with Crippen molar-refractivity contribution in [3.63, 3.8) is 0 Å². The fourth-order valence-corrected chi connectivity index (χ4v) is 1.16. The summed E-state index contributed by atoms with van der Waals surface area (Å²) in [6, 6.07) is 1.78. The van der Waals surface area contributed by atoms with Gasteiger partial charge in [-0.3, -0.25) is 4.79 Å². The van der Waals surface area contributed by atoms with Gasteiger partial charge >= 0.3 is 6.18 Å². The minimum absolute atomic E-state index is 0. The number of alkyl halides is 3. The standard InChI is InChI=1S/C8H9F3N2O.ClH/c1-2-13-6(8(9,10)11)4-3-5(12)7(13)14;/h3-4H,2,12H2,1H3;1H. The second kappa shape index (κ2) is 4.57. The molecule has 15 heavy (non-hydrogen) atoms. The molecule has 86 valence electrons. The van der Waals surface area contributed by atoms with E-state index in [1.165, 1.54) is 6.92 Å². The highest BCUT2D eigenvalue weighted by Crippen LogP contribution is 2.28. The lowest BCUT2D eigenvalue weighted by Crippen LogP contribution is -2.28. The molecule has 0 amide bonds. The molecule has 0 fully saturated rings. The third kappa shape index (κ3) is 2.65. The van der Waals surface area contributed by atoms with E-state index in [1.807, 2.05) is 0 Å². The molecule has 0 unspecified atom stereocenters. The third-order valence-corrected chi connectivity index (χ3v) is 1.81. The minimum Gasteiger partial charge on any atom is -0.394 e. The number of hydrogen-bond acceptors (Lipinski definition) is 2. The number of halogens is 4. The summed E-state index contributed by atoms with van der Waals surface area (Å²) in [6.07, 6.45) is -4.52. The Morgan fingerprint density at radius 2 is 1.93 bits per heavy atom. The number of anilines is 1. The Bertz CT molecular complexity index is 400. The van der Waals surface area contributed by atoms with Gasteiger partial charge in [0.25, 0.3) is 5.56 Å². The van der Waals surface area contributed by atoms with Crippen molar-refractivity contribution in [1.29, 1.82) is 0 Å². The van der Waals surface area contributed by atoms with E-state index in [9.17, 15) is 18.0 Å². The first-order valence-corrected chi connectivity index (χ1v) is 3.94. The van der Waals surface area contributed by atoms with Gasteiger partial charge in [-0.25, -0.2) is 0 Å². The van der Waals surface area contributed by atoms with Crippen LogP contribution in [0.5, 0.6) is 0 Å². The Kier molecular flexibility index (Phi) is 4.21. The van der Waals surface area contributed by atoms with Crippen LogP contribution in [0.25, 0.3) is 0 Å². The number of nitrogens with two attached hydrogens (primary N) is 1. The molecule has 0 atom stereocenters. The quantitative estimate of drug-likeness (QED) is 0.818. The van der Waals surface area contributed by atoms with Crippen LogP contribution in [0.3, 0.4) is 0 Å². The SMILES string of the molecule is CCn1c(C(F)(F)F)ccc(N)c1=O.Cl. The Morgan fingerprint density at radius 1 is 1.40 bits per heavy atom. The zero-order valence-electron chi connectivity index (χ0n) is 7.84. The first kappa shape index (κ1) is 13.8. The lowest BCUT2D eigenvalue weighted by atomic mass is 10.3. The molecule has 0 aromatic carbocycles. The van der Waals surface area contributed by atoms with Gasteiger partial charge in [0.2, 0.25) is 0 Å². The first-order valence-electron chi connectivity index (χ1n) is 3.94. The van der Waals surface area contributed by atoms with Gasteiger partial charge in [0.15, 0.2) is 0 Å². The van der Waals surface area contributed by atoms with Gasteiger partial charge in [0.05, 0.1) is 5.69 Å². The molecule has 7 heteroatoms. The van der Waals surface area contributed by atoms with Gasteiger partial charge < -0.3 is 10.3 Å². The highest BCUT2D eigenvalue weighted by atomic mass is 35.5. The minimum atomic E-state index is -4.52. The Morgan fingerprint density at radius 3 is 2.33 bits per heavy atom. The fraction of sp³-hybridized carbons (Fsp3) is 0.375. The average Bonchev–Trinajstić information content (AvgIpc) is 2.07. The molecule has 0 bridgehead atoms. The second-order valence-corrected chi connectivity index (χ2v) is 2.72. The molecule has 1 heterocycles. The predicted molar refractivity (Wildman–Crippen MR) is 53.0 cm³/mol. The maximum Gasteiger partial charge on any atom is 0.431 e. The third-order valence-electron chi connectivity index (χ3n) is 1.81. The van der Waals surface area contributed by atoms with Crippen molar-refractivity contribution in [3.05, 3.63) is 28.2 Å². The van der Waals surface area contributed by atoms with Crippen molar-refractivity contribution in [3.8, 4) is 0 Å². The van der Waals surface area contributed by atoms with Gasteiger partial charge in [-0.1, -0.05) is 0 Å². The normalized spacial score (nSPS) is 10.9. The van der Waals surface area contributed by atoms with Crippen LogP contribution in [0.2, 0.25) is 0 Å². The van der Waals surface area contributed by atoms with Crippen LogP contribution in [0, 0.1) is 0 Å². The average molecular weight is 243 g/mol. The Balaban J connectivity index is 0.00000196. The number of nitrogens with zero attached hydrogens (tertiary/aromatic N) is 1. The van der Waals surface area contributed by atoms with Crippen LogP contribution in [-0.4, -0.2) is 4.57 Å². The maximum atomic E-state index is 12.3. The van der Waals surface area contributed by atoms with Crippen molar-refractivity contribution in [1.82, 2.24) is 4.57 Å². The fourth-order valence-electron chi connectivity index (χ4n) is 1.16. The molecule has 2 N–H and O–H groups in total. The van der Waals surface area contributed by atoms with Gasteiger partial charge in [-0.2, -0.15) is 13.2 Å². The molecule has 0 saturated heterocycles. The number of pyridine rings is 1.